The predicted molar refractivity (Wildman–Crippen MR) is 129 cm³/mol. The zero-order chi connectivity index (χ0) is 23.2. The maximum atomic E-state index is 13.6. The number of aliphatic hydroxyl groups is 1. The van der Waals surface area contributed by atoms with Crippen LogP contribution in [0.2, 0.25) is 0 Å². The normalized spacial score (nSPS) is 25.8. The third-order valence-corrected chi connectivity index (χ3v) is 7.72. The van der Waals surface area contributed by atoms with Crippen LogP contribution in [0.25, 0.3) is 0 Å². The van der Waals surface area contributed by atoms with Gasteiger partial charge in [-0.3, -0.25) is 4.98 Å². The van der Waals surface area contributed by atoms with Crippen LogP contribution in [-0.4, -0.2) is 53.3 Å². The van der Waals surface area contributed by atoms with Crippen molar-refractivity contribution >= 4 is 5.97 Å². The summed E-state index contributed by atoms with van der Waals surface area (Å²) >= 11 is 0. The van der Waals surface area contributed by atoms with Crippen molar-refractivity contribution in [2.24, 2.45) is 5.92 Å². The number of benzene rings is 1. The summed E-state index contributed by atoms with van der Waals surface area (Å²) in [5.41, 5.74) is 0.247. The van der Waals surface area contributed by atoms with Crippen LogP contribution in [0.3, 0.4) is 0 Å². The van der Waals surface area contributed by atoms with E-state index in [1.807, 2.05) is 48.7 Å². The Labute approximate surface area is 198 Å². The Balaban J connectivity index is 1.41. The molecule has 1 aromatic carbocycles. The van der Waals surface area contributed by atoms with E-state index < -0.39 is 11.6 Å². The summed E-state index contributed by atoms with van der Waals surface area (Å²) in [6.45, 7) is 2.95. The van der Waals surface area contributed by atoms with Crippen LogP contribution in [0.4, 0.5) is 0 Å². The number of nitrogens with zero attached hydrogens (tertiary/aromatic N) is 2. The number of piperidine rings is 1. The van der Waals surface area contributed by atoms with E-state index in [0.29, 0.717) is 5.56 Å². The van der Waals surface area contributed by atoms with E-state index in [2.05, 4.69) is 18.1 Å². The highest BCUT2D eigenvalue weighted by Gasteiger charge is 2.48. The first-order chi connectivity index (χ1) is 16.0. The fourth-order valence-corrected chi connectivity index (χ4v) is 5.84. The van der Waals surface area contributed by atoms with E-state index in [1.165, 1.54) is 6.42 Å². The molecule has 1 saturated carbocycles. The number of aromatic nitrogens is 1. The number of ether oxygens (including phenoxy) is 1. The van der Waals surface area contributed by atoms with Gasteiger partial charge in [-0.15, -0.1) is 0 Å². The maximum absolute atomic E-state index is 13.6. The van der Waals surface area contributed by atoms with Crippen molar-refractivity contribution in [1.82, 2.24) is 4.98 Å². The molecule has 178 valence electrons. The summed E-state index contributed by atoms with van der Waals surface area (Å²) in [6.07, 6.45) is 10.7. The van der Waals surface area contributed by atoms with Crippen molar-refractivity contribution in [3.8, 4) is 0 Å². The summed E-state index contributed by atoms with van der Waals surface area (Å²) in [6, 6.07) is 15.5. The minimum absolute atomic E-state index is 0.0796. The Morgan fingerprint density at radius 1 is 1.06 bits per heavy atom. The van der Waals surface area contributed by atoms with Gasteiger partial charge in [0.05, 0.1) is 20.1 Å². The molecular weight excluding hydrogens is 412 g/mol. The van der Waals surface area contributed by atoms with E-state index >= 15 is 0 Å². The second-order valence-corrected chi connectivity index (χ2v) is 10.3. The highest BCUT2D eigenvalue weighted by molar-refractivity contribution is 5.81. The summed E-state index contributed by atoms with van der Waals surface area (Å²) in [4.78, 5) is 18.0. The monoisotopic (exact) mass is 451 g/mol. The topological polar surface area (TPSA) is 59.4 Å². The minimum Gasteiger partial charge on any atom is -0.454 e. The van der Waals surface area contributed by atoms with E-state index in [4.69, 9.17) is 4.74 Å². The number of likely N-dealkylation sites (tertiary alicyclic amines) is 1. The van der Waals surface area contributed by atoms with Gasteiger partial charge in [0.1, 0.15) is 6.54 Å². The van der Waals surface area contributed by atoms with Gasteiger partial charge in [0.2, 0.25) is 0 Å². The fraction of sp³-hybridized carbons (Fsp3) is 0.571. The summed E-state index contributed by atoms with van der Waals surface area (Å²) in [5.74, 6) is -0.531. The van der Waals surface area contributed by atoms with Crippen molar-refractivity contribution in [2.45, 2.75) is 69.5 Å². The van der Waals surface area contributed by atoms with Crippen LogP contribution in [0.1, 0.15) is 62.6 Å². The molecule has 2 heterocycles. The van der Waals surface area contributed by atoms with E-state index in [9.17, 15) is 9.90 Å². The van der Waals surface area contributed by atoms with Gasteiger partial charge in [-0.1, -0.05) is 55.7 Å². The second-order valence-electron chi connectivity index (χ2n) is 10.3. The summed E-state index contributed by atoms with van der Waals surface area (Å²) in [7, 11) is 2.27. The molecule has 4 rings (SSSR count). The van der Waals surface area contributed by atoms with Gasteiger partial charge in [-0.2, -0.15) is 0 Å². The number of esters is 1. The van der Waals surface area contributed by atoms with Crippen molar-refractivity contribution in [2.75, 3.05) is 26.7 Å². The van der Waals surface area contributed by atoms with Gasteiger partial charge in [-0.25, -0.2) is 4.79 Å². The molecule has 1 aromatic heterocycles. The highest BCUT2D eigenvalue weighted by Crippen LogP contribution is 2.41. The lowest BCUT2D eigenvalue weighted by Crippen LogP contribution is -2.55. The molecule has 2 aromatic rings. The largest absolute Gasteiger partial charge is 0.454 e. The van der Waals surface area contributed by atoms with Gasteiger partial charge in [0, 0.05) is 30.7 Å². The Morgan fingerprint density at radius 2 is 1.82 bits per heavy atom. The molecule has 1 aliphatic heterocycles. The average Bonchev–Trinajstić information content (AvgIpc) is 2.85. The number of carbonyl (C=O) groups is 1. The van der Waals surface area contributed by atoms with Crippen molar-refractivity contribution < 1.29 is 19.1 Å². The lowest BCUT2D eigenvalue weighted by atomic mass is 9.73. The standard InChI is InChI=1S/C28H39N2O3/c1-30(20-10-17-25-16-8-9-19-29-25)21-11-18-26(22-30)33-27(31)28(32,23-12-4-2-5-13-23)24-14-6-3-7-15-24/h2,4-5,8-9,12-13,16,19,24,26,32H,3,6-7,10-11,14-15,17-18,20-22H2,1H3/q+1/t26-,28?,30?/m1/s1. The quantitative estimate of drug-likeness (QED) is 0.469. The molecule has 2 fully saturated rings. The number of hydrogen-bond acceptors (Lipinski definition) is 4. The molecule has 33 heavy (non-hydrogen) atoms. The van der Waals surface area contributed by atoms with Gasteiger partial charge >= 0.3 is 5.97 Å². The summed E-state index contributed by atoms with van der Waals surface area (Å²) in [5, 5.41) is 11.8. The number of carbonyl (C=O) groups excluding carboxylic acids is 1. The van der Waals surface area contributed by atoms with Gasteiger partial charge in [-0.05, 0) is 43.4 Å². The molecule has 5 nitrogen and oxygen atoms in total. The molecule has 1 aliphatic carbocycles. The number of aryl methyl sites for hydroxylation is 1. The molecule has 5 heteroatoms. The Bertz CT molecular complexity index is 885. The Hall–Kier alpha value is -2.24. The zero-order valence-corrected chi connectivity index (χ0v) is 20.0. The van der Waals surface area contributed by atoms with Crippen molar-refractivity contribution in [3.63, 3.8) is 0 Å². The third kappa shape index (κ3) is 5.82. The van der Waals surface area contributed by atoms with Crippen LogP contribution < -0.4 is 0 Å². The molecule has 1 N–H and O–H groups in total. The second kappa shape index (κ2) is 10.8. The van der Waals surface area contributed by atoms with Crippen molar-refractivity contribution in [3.05, 3.63) is 66.0 Å². The van der Waals surface area contributed by atoms with Gasteiger partial charge < -0.3 is 14.3 Å². The molecule has 0 spiro atoms. The maximum Gasteiger partial charge on any atom is 0.343 e. The van der Waals surface area contributed by atoms with Crippen LogP contribution in [0, 0.1) is 5.92 Å². The molecule has 1 saturated heterocycles. The molecule has 0 amide bonds. The molecule has 0 bridgehead atoms. The first kappa shape index (κ1) is 23.9. The molecule has 0 radical (unpaired) electrons. The number of hydrogen-bond donors (Lipinski definition) is 1. The van der Waals surface area contributed by atoms with Gasteiger partial charge in [0.25, 0.3) is 0 Å². The summed E-state index contributed by atoms with van der Waals surface area (Å²) < 4.78 is 7.01. The van der Waals surface area contributed by atoms with E-state index in [-0.39, 0.29) is 12.0 Å². The minimum atomic E-state index is -1.55. The SMILES string of the molecule is C[N+]1(CCCc2ccccn2)CCC[C@@H](OC(=O)C(O)(c2ccccc2)C2CCCCC2)C1. The van der Waals surface area contributed by atoms with Gasteiger partial charge in [0.15, 0.2) is 11.7 Å². The Morgan fingerprint density at radius 3 is 2.55 bits per heavy atom. The van der Waals surface area contributed by atoms with E-state index in [1.54, 1.807) is 0 Å². The van der Waals surface area contributed by atoms with Crippen LogP contribution in [-0.2, 0) is 21.6 Å². The number of likely N-dealkylation sites (N-methyl/N-ethyl adjacent to an activating group) is 1. The fourth-order valence-electron chi connectivity index (χ4n) is 5.84. The van der Waals surface area contributed by atoms with Crippen LogP contribution >= 0.6 is 0 Å². The number of quaternary nitrogens is 1. The van der Waals surface area contributed by atoms with Crippen LogP contribution in [0.15, 0.2) is 54.7 Å². The molecule has 3 atom stereocenters. The van der Waals surface area contributed by atoms with Crippen molar-refractivity contribution in [1.29, 1.82) is 0 Å². The lowest BCUT2D eigenvalue weighted by Gasteiger charge is -2.42. The number of pyridine rings is 1. The predicted octanol–water partition coefficient (Wildman–Crippen LogP) is 4.63. The number of rotatable bonds is 8. The first-order valence-electron chi connectivity index (χ1n) is 12.7. The molecular formula is C28H39N2O3+. The Kier molecular flexibility index (Phi) is 7.82. The highest BCUT2D eigenvalue weighted by atomic mass is 16.6. The zero-order valence-electron chi connectivity index (χ0n) is 20.0. The lowest BCUT2D eigenvalue weighted by molar-refractivity contribution is -0.917. The van der Waals surface area contributed by atoms with E-state index in [0.717, 1.165) is 81.2 Å². The third-order valence-electron chi connectivity index (χ3n) is 7.72. The molecule has 2 unspecified atom stereocenters. The van der Waals surface area contributed by atoms with Crippen LogP contribution in [0.5, 0.6) is 0 Å². The first-order valence-corrected chi connectivity index (χ1v) is 12.7. The average molecular weight is 452 g/mol. The smallest absolute Gasteiger partial charge is 0.343 e. The molecule has 2 aliphatic rings.